The Morgan fingerprint density at radius 3 is 2.59 bits per heavy atom. The fourth-order valence-electron chi connectivity index (χ4n) is 2.72. The van der Waals surface area contributed by atoms with E-state index in [1.54, 1.807) is 18.2 Å². The third kappa shape index (κ3) is 4.60. The molecule has 0 saturated heterocycles. The first-order chi connectivity index (χ1) is 13.1. The maximum Gasteiger partial charge on any atom is 0.308 e. The van der Waals surface area contributed by atoms with E-state index < -0.39 is 11.9 Å². The summed E-state index contributed by atoms with van der Waals surface area (Å²) in [5, 5.41) is 22.5. The minimum atomic E-state index is -0.962. The van der Waals surface area contributed by atoms with Crippen LogP contribution in [0.1, 0.15) is 22.8 Å². The van der Waals surface area contributed by atoms with Crippen molar-refractivity contribution in [3.8, 4) is 5.75 Å². The monoisotopic (exact) mass is 368 g/mol. The summed E-state index contributed by atoms with van der Waals surface area (Å²) in [5.41, 5.74) is 2.50. The molecular formula is C19H20N4O4. The molecule has 3 N–H and O–H groups in total. The standard InChI is InChI=1S/C19H20N4O4/c1-2-27-15-6-3-12(4-7-15)9-14(19(25)26)11-20-18(24)13-5-8-16-17(10-13)22-23-21-16/h3-8,10,14H,2,9,11H2,1H3,(H,20,24)(H,25,26)(H,21,22,23). The van der Waals surface area contributed by atoms with E-state index in [9.17, 15) is 14.7 Å². The lowest BCUT2D eigenvalue weighted by molar-refractivity contribution is -0.141. The second-order valence-electron chi connectivity index (χ2n) is 6.05. The average Bonchev–Trinajstić information content (AvgIpc) is 3.14. The van der Waals surface area contributed by atoms with E-state index in [1.807, 2.05) is 31.2 Å². The van der Waals surface area contributed by atoms with Gasteiger partial charge in [0, 0.05) is 12.1 Å². The highest BCUT2D eigenvalue weighted by Gasteiger charge is 2.20. The SMILES string of the molecule is CCOc1ccc(CC(CNC(=O)c2ccc3n[nH]nc3c2)C(=O)O)cc1. The van der Waals surface area contributed by atoms with E-state index in [0.29, 0.717) is 29.6 Å². The van der Waals surface area contributed by atoms with Crippen molar-refractivity contribution >= 4 is 22.9 Å². The number of aliphatic carboxylic acids is 1. The Labute approximate surface area is 155 Å². The Hall–Kier alpha value is -3.42. The first-order valence-corrected chi connectivity index (χ1v) is 8.60. The van der Waals surface area contributed by atoms with Crippen molar-refractivity contribution in [1.29, 1.82) is 0 Å². The second kappa shape index (κ2) is 8.31. The summed E-state index contributed by atoms with van der Waals surface area (Å²) in [5.74, 6) is -1.30. The lowest BCUT2D eigenvalue weighted by Crippen LogP contribution is -2.34. The molecule has 1 aromatic heterocycles. The van der Waals surface area contributed by atoms with Crippen molar-refractivity contribution in [2.24, 2.45) is 5.92 Å². The number of ether oxygens (including phenoxy) is 1. The zero-order valence-electron chi connectivity index (χ0n) is 14.8. The van der Waals surface area contributed by atoms with E-state index in [1.165, 1.54) is 0 Å². The number of benzene rings is 2. The van der Waals surface area contributed by atoms with Gasteiger partial charge in [-0.1, -0.05) is 12.1 Å². The van der Waals surface area contributed by atoms with Gasteiger partial charge in [-0.05, 0) is 49.2 Å². The van der Waals surface area contributed by atoms with Gasteiger partial charge in [-0.25, -0.2) is 0 Å². The molecule has 3 aromatic rings. The summed E-state index contributed by atoms with van der Waals surface area (Å²) in [4.78, 5) is 23.9. The Kier molecular flexibility index (Phi) is 5.65. The van der Waals surface area contributed by atoms with Crippen LogP contribution in [-0.2, 0) is 11.2 Å². The smallest absolute Gasteiger partial charge is 0.308 e. The predicted molar refractivity (Wildman–Crippen MR) is 98.7 cm³/mol. The van der Waals surface area contributed by atoms with Crippen molar-refractivity contribution in [3.63, 3.8) is 0 Å². The van der Waals surface area contributed by atoms with Gasteiger partial charge in [0.1, 0.15) is 16.8 Å². The third-order valence-electron chi connectivity index (χ3n) is 4.15. The number of hydrogen-bond acceptors (Lipinski definition) is 5. The summed E-state index contributed by atoms with van der Waals surface area (Å²) in [6, 6.07) is 12.2. The molecule has 0 aliphatic heterocycles. The van der Waals surface area contributed by atoms with Gasteiger partial charge in [-0.2, -0.15) is 15.4 Å². The van der Waals surface area contributed by atoms with Gasteiger partial charge in [0.25, 0.3) is 5.91 Å². The van der Waals surface area contributed by atoms with Crippen molar-refractivity contribution in [1.82, 2.24) is 20.7 Å². The number of carboxylic acid groups (broad SMARTS) is 1. The van der Waals surface area contributed by atoms with Gasteiger partial charge < -0.3 is 15.2 Å². The molecule has 1 heterocycles. The van der Waals surface area contributed by atoms with Crippen LogP contribution in [0.2, 0.25) is 0 Å². The number of rotatable bonds is 8. The van der Waals surface area contributed by atoms with Crippen molar-refractivity contribution in [3.05, 3.63) is 53.6 Å². The molecule has 1 amide bonds. The highest BCUT2D eigenvalue weighted by Crippen LogP contribution is 2.16. The molecule has 1 atom stereocenters. The number of aromatic amines is 1. The number of hydrogen-bond donors (Lipinski definition) is 3. The Morgan fingerprint density at radius 1 is 1.15 bits per heavy atom. The maximum atomic E-state index is 12.3. The molecule has 3 rings (SSSR count). The van der Waals surface area contributed by atoms with E-state index in [2.05, 4.69) is 20.7 Å². The predicted octanol–water partition coefficient (Wildman–Crippen LogP) is 2.03. The van der Waals surface area contributed by atoms with E-state index in [0.717, 1.165) is 11.3 Å². The molecule has 27 heavy (non-hydrogen) atoms. The zero-order chi connectivity index (χ0) is 19.2. The summed E-state index contributed by atoms with van der Waals surface area (Å²) in [7, 11) is 0. The molecule has 0 fully saturated rings. The summed E-state index contributed by atoms with van der Waals surface area (Å²) < 4.78 is 5.38. The zero-order valence-corrected chi connectivity index (χ0v) is 14.8. The second-order valence-corrected chi connectivity index (χ2v) is 6.05. The van der Waals surface area contributed by atoms with E-state index >= 15 is 0 Å². The van der Waals surface area contributed by atoms with Gasteiger partial charge in [-0.3, -0.25) is 9.59 Å². The quantitative estimate of drug-likeness (QED) is 0.560. The molecule has 0 radical (unpaired) electrons. The Bertz CT molecular complexity index is 936. The fraction of sp³-hybridized carbons (Fsp3) is 0.263. The third-order valence-corrected chi connectivity index (χ3v) is 4.15. The van der Waals surface area contributed by atoms with E-state index in [4.69, 9.17) is 4.74 Å². The highest BCUT2D eigenvalue weighted by molar-refractivity contribution is 5.97. The molecule has 2 aromatic carbocycles. The van der Waals surface area contributed by atoms with Gasteiger partial charge in [0.2, 0.25) is 0 Å². The summed E-state index contributed by atoms with van der Waals surface area (Å²) in [6.45, 7) is 2.50. The normalized spacial score (nSPS) is 11.9. The summed E-state index contributed by atoms with van der Waals surface area (Å²) in [6.07, 6.45) is 0.310. The van der Waals surface area contributed by atoms with E-state index in [-0.39, 0.29) is 12.5 Å². The van der Waals surface area contributed by atoms with Crippen molar-refractivity contribution in [2.45, 2.75) is 13.3 Å². The van der Waals surface area contributed by atoms with Crippen LogP contribution in [0.25, 0.3) is 11.0 Å². The molecular weight excluding hydrogens is 348 g/mol. The number of carboxylic acids is 1. The highest BCUT2D eigenvalue weighted by atomic mass is 16.5. The number of carbonyl (C=O) groups is 2. The topological polar surface area (TPSA) is 117 Å². The molecule has 0 aliphatic rings. The summed E-state index contributed by atoms with van der Waals surface area (Å²) >= 11 is 0. The number of H-pyrrole nitrogens is 1. The lowest BCUT2D eigenvalue weighted by Gasteiger charge is -2.14. The van der Waals surface area contributed by atoms with Crippen LogP contribution in [0, 0.1) is 5.92 Å². The molecule has 8 heteroatoms. The van der Waals surface area contributed by atoms with Crippen LogP contribution in [0.15, 0.2) is 42.5 Å². The van der Waals surface area contributed by atoms with Crippen molar-refractivity contribution in [2.75, 3.05) is 13.2 Å². The number of nitrogens with one attached hydrogen (secondary N) is 2. The van der Waals surface area contributed by atoms with Gasteiger partial charge in [-0.15, -0.1) is 0 Å². The van der Waals surface area contributed by atoms with Gasteiger partial charge in [0.05, 0.1) is 12.5 Å². The van der Waals surface area contributed by atoms with Crippen LogP contribution in [-0.4, -0.2) is 45.5 Å². The van der Waals surface area contributed by atoms with Crippen molar-refractivity contribution < 1.29 is 19.4 Å². The minimum absolute atomic E-state index is 0.0260. The first-order valence-electron chi connectivity index (χ1n) is 8.60. The average molecular weight is 368 g/mol. The number of fused-ring (bicyclic) bond motifs is 1. The molecule has 8 nitrogen and oxygen atoms in total. The number of amides is 1. The molecule has 0 spiro atoms. The molecule has 0 aliphatic carbocycles. The maximum absolute atomic E-state index is 12.3. The molecule has 1 unspecified atom stereocenters. The first kappa shape index (κ1) is 18.4. The fourth-order valence-corrected chi connectivity index (χ4v) is 2.72. The van der Waals surface area contributed by atoms with Gasteiger partial charge >= 0.3 is 5.97 Å². The number of nitrogens with zero attached hydrogens (tertiary/aromatic N) is 2. The van der Waals surface area contributed by atoms with Crippen LogP contribution < -0.4 is 10.1 Å². The van der Waals surface area contributed by atoms with Crippen LogP contribution in [0.4, 0.5) is 0 Å². The molecule has 140 valence electrons. The number of aromatic nitrogens is 3. The number of carbonyl (C=O) groups excluding carboxylic acids is 1. The van der Waals surface area contributed by atoms with Crippen LogP contribution in [0.5, 0.6) is 5.75 Å². The Balaban J connectivity index is 1.61. The molecule has 0 bridgehead atoms. The van der Waals surface area contributed by atoms with Crippen LogP contribution in [0.3, 0.4) is 0 Å². The Morgan fingerprint density at radius 2 is 1.89 bits per heavy atom. The minimum Gasteiger partial charge on any atom is -0.494 e. The largest absolute Gasteiger partial charge is 0.494 e. The molecule has 0 saturated carbocycles. The van der Waals surface area contributed by atoms with Gasteiger partial charge in [0.15, 0.2) is 0 Å². The van der Waals surface area contributed by atoms with Crippen LogP contribution >= 0.6 is 0 Å². The lowest BCUT2D eigenvalue weighted by atomic mass is 9.99.